The number of ether oxygens (including phenoxy) is 3. The summed E-state index contributed by atoms with van der Waals surface area (Å²) in [5, 5.41) is 4.04. The SMILES string of the molecule is COC(=O)c1sc(-c2cccc(NC3CCN(S(=O)(=O)Cc4cccc(Cl)c4)CC3)c2)c(Br)c1OCC(=O)OC(C)(C)C. The predicted octanol–water partition coefficient (Wildman–Crippen LogP) is 6.74. The van der Waals surface area contributed by atoms with Gasteiger partial charge >= 0.3 is 11.9 Å². The number of hydrogen-bond donors (Lipinski definition) is 1. The van der Waals surface area contributed by atoms with E-state index >= 15 is 0 Å². The minimum absolute atomic E-state index is 0.0815. The van der Waals surface area contributed by atoms with Crippen LogP contribution in [0.2, 0.25) is 5.02 Å². The Morgan fingerprint density at radius 1 is 1.12 bits per heavy atom. The van der Waals surface area contributed by atoms with E-state index in [9.17, 15) is 18.0 Å². The van der Waals surface area contributed by atoms with Crippen LogP contribution in [0.25, 0.3) is 10.4 Å². The van der Waals surface area contributed by atoms with E-state index in [1.807, 2.05) is 24.3 Å². The standard InChI is InChI=1S/C30H34BrClN2O7S2/c1-30(2,3)41-24(35)17-40-26-25(31)27(42-28(26)29(36)39-4)20-8-6-10-23(16-20)33-22-11-13-34(14-12-22)43(37,38)18-19-7-5-9-21(32)15-19/h5-10,15-16,22,33H,11-14,17-18H2,1-4H3. The maximum Gasteiger partial charge on any atom is 0.351 e. The van der Waals surface area contributed by atoms with Gasteiger partial charge in [0.2, 0.25) is 10.0 Å². The van der Waals surface area contributed by atoms with Crippen LogP contribution in [0.3, 0.4) is 0 Å². The maximum absolute atomic E-state index is 13.0. The smallest absolute Gasteiger partial charge is 0.351 e. The highest BCUT2D eigenvalue weighted by Gasteiger charge is 2.29. The molecule has 0 aliphatic carbocycles. The normalized spacial score (nSPS) is 14.7. The Kier molecular flexibility index (Phi) is 10.8. The van der Waals surface area contributed by atoms with Crippen molar-refractivity contribution in [1.29, 1.82) is 0 Å². The number of anilines is 1. The third kappa shape index (κ3) is 8.95. The van der Waals surface area contributed by atoms with Crippen molar-refractivity contribution < 1.29 is 32.2 Å². The molecule has 2 heterocycles. The molecule has 3 aromatic rings. The van der Waals surface area contributed by atoms with Gasteiger partial charge in [0.1, 0.15) is 5.60 Å². The van der Waals surface area contributed by atoms with Crippen LogP contribution >= 0.6 is 38.9 Å². The van der Waals surface area contributed by atoms with E-state index in [1.54, 1.807) is 49.3 Å². The lowest BCUT2D eigenvalue weighted by Crippen LogP contribution is -2.42. The van der Waals surface area contributed by atoms with Gasteiger partial charge in [-0.2, -0.15) is 0 Å². The fraction of sp³-hybridized carbons (Fsp3) is 0.400. The summed E-state index contributed by atoms with van der Waals surface area (Å²) >= 11 is 10.8. The van der Waals surface area contributed by atoms with Crippen LogP contribution in [0.4, 0.5) is 5.69 Å². The molecule has 0 unspecified atom stereocenters. The molecule has 0 atom stereocenters. The van der Waals surface area contributed by atoms with Crippen LogP contribution < -0.4 is 10.1 Å². The van der Waals surface area contributed by atoms with Crippen molar-refractivity contribution in [3.8, 4) is 16.2 Å². The number of rotatable bonds is 10. The van der Waals surface area contributed by atoms with E-state index in [0.717, 1.165) is 16.1 Å². The molecule has 0 spiro atoms. The lowest BCUT2D eigenvalue weighted by molar-refractivity contribution is -0.157. The second-order valence-electron chi connectivity index (χ2n) is 11.1. The first-order valence-electron chi connectivity index (χ1n) is 13.6. The minimum atomic E-state index is -3.46. The number of hydrogen-bond acceptors (Lipinski definition) is 9. The lowest BCUT2D eigenvalue weighted by atomic mass is 10.1. The molecule has 0 radical (unpaired) electrons. The van der Waals surface area contributed by atoms with Gasteiger partial charge in [-0.15, -0.1) is 11.3 Å². The lowest BCUT2D eigenvalue weighted by Gasteiger charge is -2.32. The van der Waals surface area contributed by atoms with Crippen LogP contribution in [0, 0.1) is 0 Å². The van der Waals surface area contributed by atoms with Gasteiger partial charge in [-0.25, -0.2) is 22.3 Å². The Bertz CT molecular complexity index is 1580. The molecule has 1 saturated heterocycles. The van der Waals surface area contributed by atoms with Gasteiger partial charge in [0.25, 0.3) is 0 Å². The summed E-state index contributed by atoms with van der Waals surface area (Å²) in [4.78, 5) is 25.8. The zero-order chi connectivity index (χ0) is 31.4. The van der Waals surface area contributed by atoms with Gasteiger partial charge in [-0.1, -0.05) is 35.9 Å². The molecule has 232 valence electrons. The van der Waals surface area contributed by atoms with E-state index in [4.69, 9.17) is 25.8 Å². The number of thiophene rings is 1. The van der Waals surface area contributed by atoms with Gasteiger partial charge < -0.3 is 19.5 Å². The largest absolute Gasteiger partial charge is 0.479 e. The molecule has 0 amide bonds. The molecule has 43 heavy (non-hydrogen) atoms. The highest BCUT2D eigenvalue weighted by atomic mass is 79.9. The first kappa shape index (κ1) is 33.3. The number of methoxy groups -OCH3 is 1. The molecule has 0 saturated carbocycles. The number of carbonyl (C=O) groups is 2. The summed E-state index contributed by atoms with van der Waals surface area (Å²) in [6.07, 6.45) is 1.30. The molecule has 2 aromatic carbocycles. The highest BCUT2D eigenvalue weighted by molar-refractivity contribution is 9.10. The molecular weight excluding hydrogens is 680 g/mol. The third-order valence-corrected chi connectivity index (χ3v) is 10.8. The van der Waals surface area contributed by atoms with E-state index in [0.29, 0.717) is 41.0 Å². The van der Waals surface area contributed by atoms with Gasteiger partial charge in [0, 0.05) is 29.8 Å². The zero-order valence-corrected chi connectivity index (χ0v) is 28.3. The summed E-state index contributed by atoms with van der Waals surface area (Å²) in [5.41, 5.74) is 1.67. The van der Waals surface area contributed by atoms with Crippen molar-refractivity contribution in [3.05, 3.63) is 68.5 Å². The zero-order valence-electron chi connectivity index (χ0n) is 24.3. The molecule has 13 heteroatoms. The first-order chi connectivity index (χ1) is 20.3. The van der Waals surface area contributed by atoms with E-state index in [1.165, 1.54) is 18.4 Å². The van der Waals surface area contributed by atoms with Crippen LogP contribution in [-0.2, 0) is 30.0 Å². The van der Waals surface area contributed by atoms with Crippen molar-refractivity contribution >= 4 is 66.5 Å². The van der Waals surface area contributed by atoms with E-state index < -0.39 is 27.6 Å². The van der Waals surface area contributed by atoms with E-state index in [-0.39, 0.29) is 29.0 Å². The number of nitrogens with zero attached hydrogens (tertiary/aromatic N) is 1. The molecule has 9 nitrogen and oxygen atoms in total. The Hall–Kier alpha value is -2.64. The minimum Gasteiger partial charge on any atom is -0.479 e. The van der Waals surface area contributed by atoms with E-state index in [2.05, 4.69) is 21.2 Å². The molecular formula is C30H34BrClN2O7S2. The fourth-order valence-electron chi connectivity index (χ4n) is 4.63. The number of nitrogens with one attached hydrogen (secondary N) is 1. The Morgan fingerprint density at radius 2 is 1.81 bits per heavy atom. The van der Waals surface area contributed by atoms with Crippen molar-refractivity contribution in [2.24, 2.45) is 0 Å². The summed E-state index contributed by atoms with van der Waals surface area (Å²) in [7, 11) is -2.18. The number of piperidine rings is 1. The molecule has 0 bridgehead atoms. The monoisotopic (exact) mass is 712 g/mol. The quantitative estimate of drug-likeness (QED) is 0.230. The molecule has 1 aromatic heterocycles. The number of esters is 2. The van der Waals surface area contributed by atoms with Crippen LogP contribution in [0.15, 0.2) is 53.0 Å². The molecule has 1 aliphatic rings. The summed E-state index contributed by atoms with van der Waals surface area (Å²) in [5.74, 6) is -1.01. The van der Waals surface area contributed by atoms with Gasteiger partial charge in [-0.3, -0.25) is 0 Å². The number of sulfonamides is 1. The summed E-state index contributed by atoms with van der Waals surface area (Å²) in [6, 6.07) is 14.7. The van der Waals surface area contributed by atoms with Gasteiger partial charge in [0.05, 0.1) is 22.2 Å². The van der Waals surface area contributed by atoms with Gasteiger partial charge in [0.15, 0.2) is 17.2 Å². The Balaban J connectivity index is 1.44. The molecule has 1 N–H and O–H groups in total. The van der Waals surface area contributed by atoms with Crippen LogP contribution in [-0.4, -0.2) is 63.1 Å². The van der Waals surface area contributed by atoms with Crippen molar-refractivity contribution in [1.82, 2.24) is 4.31 Å². The van der Waals surface area contributed by atoms with Crippen molar-refractivity contribution in [2.75, 3.05) is 32.1 Å². The van der Waals surface area contributed by atoms with Crippen molar-refractivity contribution in [3.63, 3.8) is 0 Å². The number of benzene rings is 2. The van der Waals surface area contributed by atoms with Crippen LogP contribution in [0.5, 0.6) is 5.75 Å². The molecule has 4 rings (SSSR count). The predicted molar refractivity (Wildman–Crippen MR) is 172 cm³/mol. The second kappa shape index (κ2) is 14.0. The topological polar surface area (TPSA) is 111 Å². The average Bonchev–Trinajstić information content (AvgIpc) is 3.26. The Morgan fingerprint density at radius 3 is 2.47 bits per heavy atom. The third-order valence-electron chi connectivity index (χ3n) is 6.52. The van der Waals surface area contributed by atoms with Crippen molar-refractivity contribution in [2.45, 2.75) is 51.0 Å². The summed E-state index contributed by atoms with van der Waals surface area (Å²) < 4.78 is 44.1. The molecule has 1 aliphatic heterocycles. The average molecular weight is 714 g/mol. The fourth-order valence-corrected chi connectivity index (χ4v) is 8.36. The molecule has 1 fully saturated rings. The van der Waals surface area contributed by atoms with Gasteiger partial charge in [-0.05, 0) is 84.9 Å². The number of halogens is 2. The highest BCUT2D eigenvalue weighted by Crippen LogP contribution is 2.46. The Labute approximate surface area is 269 Å². The number of carbonyl (C=O) groups excluding carboxylic acids is 2. The second-order valence-corrected chi connectivity index (χ2v) is 15.3. The summed E-state index contributed by atoms with van der Waals surface area (Å²) in [6.45, 7) is 5.75. The first-order valence-corrected chi connectivity index (χ1v) is 17.2. The maximum atomic E-state index is 13.0. The van der Waals surface area contributed by atoms with Crippen LogP contribution in [0.1, 0.15) is 48.8 Å².